The highest BCUT2D eigenvalue weighted by Gasteiger charge is 2.35. The number of rotatable bonds is 20. The lowest BCUT2D eigenvalue weighted by Crippen LogP contribution is -2.16. The summed E-state index contributed by atoms with van der Waals surface area (Å²) in [6, 6.07) is 20.5. The predicted molar refractivity (Wildman–Crippen MR) is 257 cm³/mol. The lowest BCUT2D eigenvalue weighted by Gasteiger charge is -2.16. The van der Waals surface area contributed by atoms with E-state index in [-0.39, 0.29) is 68.9 Å². The van der Waals surface area contributed by atoms with Gasteiger partial charge in [0, 0.05) is 65.0 Å². The summed E-state index contributed by atoms with van der Waals surface area (Å²) in [5.41, 5.74) is 5.87. The largest absolute Gasteiger partial charge is 0.491 e. The van der Waals surface area contributed by atoms with E-state index in [9.17, 15) is 22.8 Å². The Hall–Kier alpha value is -5.43. The number of carbonyl (C=O) groups excluding carboxylic acids is 2. The minimum Gasteiger partial charge on any atom is -0.491 e. The number of Topliss-reactive ketones (excluding diaryl/α,β-unsaturated/α-hetero) is 2. The van der Waals surface area contributed by atoms with Gasteiger partial charge in [0.2, 0.25) is 0 Å². The summed E-state index contributed by atoms with van der Waals surface area (Å²) in [5, 5.41) is 13.4. The zero-order valence-corrected chi connectivity index (χ0v) is 39.7. The molecule has 0 amide bonds. The van der Waals surface area contributed by atoms with E-state index in [1.807, 2.05) is 60.0 Å². The molecule has 0 saturated carbocycles. The molecule has 18 heteroatoms. The van der Waals surface area contributed by atoms with E-state index in [1.165, 1.54) is 11.1 Å². The Bertz CT molecular complexity index is 2740. The topological polar surface area (TPSA) is 139 Å². The van der Waals surface area contributed by atoms with Crippen LogP contribution < -0.4 is 10.1 Å². The van der Waals surface area contributed by atoms with Crippen molar-refractivity contribution in [1.82, 2.24) is 19.7 Å². The summed E-state index contributed by atoms with van der Waals surface area (Å²) >= 11 is 7.91. The van der Waals surface area contributed by atoms with Gasteiger partial charge in [-0.25, -0.2) is 4.98 Å². The fourth-order valence-electron chi connectivity index (χ4n) is 8.00. The number of aliphatic imine (C=N–C) groups is 1. The lowest BCUT2D eigenvalue weighted by atomic mass is 9.98. The Kier molecular flexibility index (Phi) is 16.3. The first-order chi connectivity index (χ1) is 31.8. The number of hydrogen-bond donors (Lipinski definition) is 1. The standard InChI is InChI=1S/C49H48ClF3N6O6S.H2S/c1-29-30(2)66-48-45(29)46(33-8-10-37(50)11-9-33)56-43(47-58-57-31(3)59(47)48)26-38(60)22-32-4-12-40(13-5-32)65-21-20-64-19-18-63-17-16-62-15-14-54-44-27-42(49(51,52)53)41(28-55-44)35-7-6-34-24-39(61)25-36(34)23-35;/h4-13,23,27-28,43H,14-22,24-26H2,1-3H3,(H,54,55);1H2/t43-;/m0./s1. The van der Waals surface area contributed by atoms with E-state index >= 15 is 0 Å². The second-order valence-corrected chi connectivity index (χ2v) is 17.7. The number of thiophene rings is 1. The van der Waals surface area contributed by atoms with Gasteiger partial charge < -0.3 is 24.3 Å². The van der Waals surface area contributed by atoms with Crippen molar-refractivity contribution in [3.8, 4) is 21.9 Å². The minimum absolute atomic E-state index is 0. The molecule has 352 valence electrons. The van der Waals surface area contributed by atoms with Crippen LogP contribution in [-0.4, -0.2) is 89.8 Å². The Morgan fingerprint density at radius 3 is 2.24 bits per heavy atom. The van der Waals surface area contributed by atoms with Crippen molar-refractivity contribution in [2.45, 2.75) is 58.7 Å². The van der Waals surface area contributed by atoms with Gasteiger partial charge in [-0.2, -0.15) is 26.7 Å². The third-order valence-electron chi connectivity index (χ3n) is 11.4. The molecule has 0 unspecified atom stereocenters. The summed E-state index contributed by atoms with van der Waals surface area (Å²) in [4.78, 5) is 36.0. The van der Waals surface area contributed by atoms with Crippen LogP contribution in [0.1, 0.15) is 67.9 Å². The summed E-state index contributed by atoms with van der Waals surface area (Å²) in [5.74, 6) is 2.19. The van der Waals surface area contributed by atoms with Crippen molar-refractivity contribution >= 4 is 59.5 Å². The second kappa shape index (κ2) is 22.1. The first-order valence-corrected chi connectivity index (χ1v) is 22.8. The third-order valence-corrected chi connectivity index (χ3v) is 12.8. The number of hydrogen-bond acceptors (Lipinski definition) is 12. The van der Waals surface area contributed by atoms with Gasteiger partial charge in [0.25, 0.3) is 0 Å². The molecule has 2 aliphatic rings. The van der Waals surface area contributed by atoms with E-state index in [1.54, 1.807) is 29.5 Å². The molecule has 0 saturated heterocycles. The summed E-state index contributed by atoms with van der Waals surface area (Å²) in [7, 11) is 0. The van der Waals surface area contributed by atoms with Gasteiger partial charge in [0.15, 0.2) is 5.82 Å². The maximum absolute atomic E-state index is 14.0. The summed E-state index contributed by atoms with van der Waals surface area (Å²) in [6.07, 6.45) is -2.46. The van der Waals surface area contributed by atoms with Crippen LogP contribution in [0.3, 0.4) is 0 Å². The molecule has 6 aromatic rings. The van der Waals surface area contributed by atoms with E-state index in [2.05, 4.69) is 34.3 Å². The molecule has 0 fully saturated rings. The fourth-order valence-corrected chi connectivity index (χ4v) is 9.34. The smallest absolute Gasteiger partial charge is 0.417 e. The van der Waals surface area contributed by atoms with Crippen molar-refractivity contribution in [1.29, 1.82) is 0 Å². The van der Waals surface area contributed by atoms with Gasteiger partial charge in [-0.3, -0.25) is 19.1 Å². The normalized spacial score (nSPS) is 14.2. The molecule has 12 nitrogen and oxygen atoms in total. The molecule has 0 spiro atoms. The van der Waals surface area contributed by atoms with Crippen LogP contribution in [0.5, 0.6) is 5.75 Å². The monoisotopic (exact) mass is 974 g/mol. The zero-order chi connectivity index (χ0) is 46.4. The van der Waals surface area contributed by atoms with E-state index < -0.39 is 17.8 Å². The van der Waals surface area contributed by atoms with Gasteiger partial charge in [-0.05, 0) is 78.9 Å². The highest BCUT2D eigenvalue weighted by atomic mass is 35.5. The summed E-state index contributed by atoms with van der Waals surface area (Å²) < 4.78 is 66.7. The molecule has 8 rings (SSSR count). The Labute approximate surface area is 402 Å². The van der Waals surface area contributed by atoms with E-state index in [0.29, 0.717) is 68.2 Å². The Balaban J connectivity index is 0.00000666. The molecule has 1 aliphatic carbocycles. The molecule has 0 radical (unpaired) electrons. The number of ether oxygens (including phenoxy) is 4. The first kappa shape index (κ1) is 49.5. The van der Waals surface area contributed by atoms with Crippen LogP contribution in [0, 0.1) is 20.8 Å². The molecule has 0 bridgehead atoms. The van der Waals surface area contributed by atoms with E-state index in [0.717, 1.165) is 56.0 Å². The van der Waals surface area contributed by atoms with Crippen molar-refractivity contribution in [3.63, 3.8) is 0 Å². The minimum atomic E-state index is -4.59. The quantitative estimate of drug-likeness (QED) is 0.0737. The second-order valence-electron chi connectivity index (χ2n) is 16.1. The molecule has 1 atom stereocenters. The predicted octanol–water partition coefficient (Wildman–Crippen LogP) is 9.40. The third kappa shape index (κ3) is 12.0. The number of aryl methyl sites for hydroxylation is 2. The molecule has 3 aromatic carbocycles. The number of aromatic nitrogens is 4. The van der Waals surface area contributed by atoms with Gasteiger partial charge in [0.1, 0.15) is 46.6 Å². The lowest BCUT2D eigenvalue weighted by molar-refractivity contribution is -0.137. The number of pyridine rings is 1. The highest BCUT2D eigenvalue weighted by Crippen LogP contribution is 2.41. The van der Waals surface area contributed by atoms with Gasteiger partial charge in [-0.1, -0.05) is 54.1 Å². The number of halogens is 4. The van der Waals surface area contributed by atoms with Crippen molar-refractivity contribution in [3.05, 3.63) is 139 Å². The highest BCUT2D eigenvalue weighted by molar-refractivity contribution is 7.59. The van der Waals surface area contributed by atoms with Crippen molar-refractivity contribution in [2.75, 3.05) is 58.1 Å². The van der Waals surface area contributed by atoms with Crippen LogP contribution in [-0.2, 0) is 49.2 Å². The fraction of sp³-hybridized carbons (Fsp3) is 0.347. The van der Waals surface area contributed by atoms with Crippen LogP contribution in [0.25, 0.3) is 16.1 Å². The number of nitrogens with zero attached hydrogens (tertiary/aromatic N) is 5. The van der Waals surface area contributed by atoms with Crippen LogP contribution in [0.2, 0.25) is 5.02 Å². The maximum Gasteiger partial charge on any atom is 0.417 e. The molecule has 1 aliphatic heterocycles. The average molecular weight is 976 g/mol. The number of fused-ring (bicyclic) bond motifs is 4. The Morgan fingerprint density at radius 1 is 0.851 bits per heavy atom. The maximum atomic E-state index is 14.0. The van der Waals surface area contributed by atoms with Crippen molar-refractivity contribution < 1.29 is 41.7 Å². The number of alkyl halides is 3. The SMILES string of the molecule is Cc1sc2c(c1C)C(c1ccc(Cl)cc1)=N[C@@H](CC(=O)Cc1ccc(OCCOCCOCCOCCNc3cc(C(F)(F)F)c(-c4ccc5c(c4)CC(=O)C5)cn3)cc1)c1nnc(C)n1-2.S. The molecule has 4 heterocycles. The molecule has 3 aromatic heterocycles. The van der Waals surface area contributed by atoms with Crippen LogP contribution in [0.4, 0.5) is 19.0 Å². The van der Waals surface area contributed by atoms with Crippen LogP contribution in [0.15, 0.2) is 84.0 Å². The molecule has 67 heavy (non-hydrogen) atoms. The van der Waals surface area contributed by atoms with E-state index in [4.69, 9.17) is 35.5 Å². The van der Waals surface area contributed by atoms with Gasteiger partial charge >= 0.3 is 6.18 Å². The number of benzene rings is 3. The number of anilines is 1. The van der Waals surface area contributed by atoms with Gasteiger partial charge in [-0.15, -0.1) is 21.5 Å². The summed E-state index contributed by atoms with van der Waals surface area (Å²) in [6.45, 7) is 8.59. The molecule has 1 N–H and O–H groups in total. The average Bonchev–Trinajstić information content (AvgIpc) is 3.93. The number of carbonyl (C=O) groups is 2. The molecular formula is C49H50ClF3N6O6S2. The zero-order valence-electron chi connectivity index (χ0n) is 37.2. The van der Waals surface area contributed by atoms with Gasteiger partial charge in [0.05, 0.1) is 50.9 Å². The Morgan fingerprint density at radius 2 is 1.52 bits per heavy atom. The molecular weight excluding hydrogens is 925 g/mol. The van der Waals surface area contributed by atoms with Crippen molar-refractivity contribution in [2.24, 2.45) is 4.99 Å². The number of ketones is 2. The number of nitrogens with one attached hydrogen (secondary N) is 1. The van der Waals surface area contributed by atoms with Crippen LogP contribution >= 0.6 is 36.4 Å². The first-order valence-electron chi connectivity index (χ1n) is 21.6.